The number of unbranched alkanes of at least 4 members (excludes halogenated alkanes) is 4. The Balaban J connectivity index is 3.27. The van der Waals surface area contributed by atoms with E-state index in [1.54, 1.807) is 0 Å². The number of carboxylic acid groups (broad SMARTS) is 3. The van der Waals surface area contributed by atoms with E-state index in [2.05, 4.69) is 27.7 Å². The number of benzene rings is 1. The van der Waals surface area contributed by atoms with E-state index in [0.717, 1.165) is 51.0 Å². The van der Waals surface area contributed by atoms with E-state index < -0.39 is 23.5 Å². The van der Waals surface area contributed by atoms with Gasteiger partial charge < -0.3 is 15.3 Å². The van der Waals surface area contributed by atoms with E-state index in [1.165, 1.54) is 0 Å². The molecule has 0 saturated heterocycles. The van der Waals surface area contributed by atoms with E-state index in [9.17, 15) is 29.7 Å². The fraction of sp³-hybridized carbons (Fsp3) is 0.640. The van der Waals surface area contributed by atoms with Crippen molar-refractivity contribution < 1.29 is 29.7 Å². The van der Waals surface area contributed by atoms with Crippen LogP contribution in [0.5, 0.6) is 0 Å². The maximum absolute atomic E-state index is 12.0. The van der Waals surface area contributed by atoms with Crippen LogP contribution in [-0.4, -0.2) is 33.2 Å². The molecule has 1 rings (SSSR count). The second-order valence-electron chi connectivity index (χ2n) is 9.21. The molecule has 0 amide bonds. The zero-order valence-electron chi connectivity index (χ0n) is 19.4. The average Bonchev–Trinajstić information content (AvgIpc) is 2.66. The molecule has 0 bridgehead atoms. The van der Waals surface area contributed by atoms with Crippen molar-refractivity contribution in [1.82, 2.24) is 0 Å². The molecule has 1 aromatic carbocycles. The standard InChI is InChI=1S/C25H38O6/c1-16(2)11-7-5-9-13-18-19(14-10-6-8-12-17(3)4)22(25(30)31)21(24(28)29)15-20(18)23(26)27/h15-17H,5-14H2,1-4H3,(H,26,27)(H,28,29)(H,30,31). The number of aromatic carboxylic acids is 3. The van der Waals surface area contributed by atoms with E-state index in [1.807, 2.05) is 0 Å². The molecule has 0 aliphatic rings. The minimum absolute atomic E-state index is 0.0801. The van der Waals surface area contributed by atoms with Gasteiger partial charge in [0.25, 0.3) is 0 Å². The normalized spacial score (nSPS) is 11.3. The molecule has 0 aliphatic heterocycles. The minimum atomic E-state index is -1.41. The Hall–Kier alpha value is -2.37. The third kappa shape index (κ3) is 8.72. The largest absolute Gasteiger partial charge is 0.478 e. The molecule has 6 nitrogen and oxygen atoms in total. The second-order valence-corrected chi connectivity index (χ2v) is 9.21. The highest BCUT2D eigenvalue weighted by atomic mass is 16.4. The summed E-state index contributed by atoms with van der Waals surface area (Å²) in [6, 6.07) is 1.03. The molecule has 6 heteroatoms. The number of hydrogen-bond donors (Lipinski definition) is 3. The summed E-state index contributed by atoms with van der Waals surface area (Å²) in [5, 5.41) is 29.1. The quantitative estimate of drug-likeness (QED) is 0.279. The monoisotopic (exact) mass is 434 g/mol. The lowest BCUT2D eigenvalue weighted by Crippen LogP contribution is -2.18. The van der Waals surface area contributed by atoms with Crippen molar-refractivity contribution >= 4 is 17.9 Å². The molecule has 0 radical (unpaired) electrons. The van der Waals surface area contributed by atoms with E-state index in [0.29, 0.717) is 42.2 Å². The molecule has 3 N–H and O–H groups in total. The highest BCUT2D eigenvalue weighted by Crippen LogP contribution is 2.28. The molecule has 0 aromatic heterocycles. The SMILES string of the molecule is CC(C)CCCCCc1c(C(=O)O)cc(C(=O)O)c(C(=O)O)c1CCCCCC(C)C. The van der Waals surface area contributed by atoms with Gasteiger partial charge in [-0.2, -0.15) is 0 Å². The van der Waals surface area contributed by atoms with Crippen molar-refractivity contribution in [3.8, 4) is 0 Å². The van der Waals surface area contributed by atoms with Crippen LogP contribution >= 0.6 is 0 Å². The zero-order valence-corrected chi connectivity index (χ0v) is 19.4. The van der Waals surface area contributed by atoms with Crippen LogP contribution in [0.25, 0.3) is 0 Å². The van der Waals surface area contributed by atoms with Gasteiger partial charge in [-0.05, 0) is 54.7 Å². The Bertz CT molecular complexity index is 764. The number of carbonyl (C=O) groups is 3. The fourth-order valence-corrected chi connectivity index (χ4v) is 4.01. The summed E-state index contributed by atoms with van der Waals surface area (Å²) in [5.74, 6) is -2.75. The lowest BCUT2D eigenvalue weighted by Gasteiger charge is -2.18. The van der Waals surface area contributed by atoms with Gasteiger partial charge in [0.2, 0.25) is 0 Å². The van der Waals surface area contributed by atoms with Gasteiger partial charge in [-0.1, -0.05) is 66.2 Å². The summed E-state index contributed by atoms with van der Waals surface area (Å²) in [7, 11) is 0. The average molecular weight is 435 g/mol. The summed E-state index contributed by atoms with van der Waals surface area (Å²) >= 11 is 0. The maximum atomic E-state index is 12.0. The van der Waals surface area contributed by atoms with Crippen LogP contribution in [0.2, 0.25) is 0 Å². The van der Waals surface area contributed by atoms with Gasteiger partial charge in [-0.3, -0.25) is 0 Å². The number of carboxylic acids is 3. The smallest absolute Gasteiger partial charge is 0.336 e. The first kappa shape index (κ1) is 26.7. The lowest BCUT2D eigenvalue weighted by atomic mass is 9.85. The Kier molecular flexibility index (Phi) is 11.3. The Labute approximate surface area is 185 Å². The third-order valence-electron chi connectivity index (χ3n) is 5.64. The number of hydrogen-bond acceptors (Lipinski definition) is 3. The first-order valence-corrected chi connectivity index (χ1v) is 11.4. The highest BCUT2D eigenvalue weighted by molar-refractivity contribution is 6.05. The van der Waals surface area contributed by atoms with E-state index in [-0.39, 0.29) is 11.1 Å². The molecule has 0 spiro atoms. The van der Waals surface area contributed by atoms with Gasteiger partial charge >= 0.3 is 17.9 Å². The summed E-state index contributed by atoms with van der Waals surface area (Å²) in [5.41, 5.74) is 0.106. The van der Waals surface area contributed by atoms with Crippen LogP contribution in [0.1, 0.15) is 121 Å². The van der Waals surface area contributed by atoms with Gasteiger partial charge in [-0.25, -0.2) is 14.4 Å². The van der Waals surface area contributed by atoms with Crippen molar-refractivity contribution in [2.75, 3.05) is 0 Å². The van der Waals surface area contributed by atoms with Crippen molar-refractivity contribution in [3.05, 3.63) is 33.9 Å². The Morgan fingerprint density at radius 3 is 1.48 bits per heavy atom. The van der Waals surface area contributed by atoms with Gasteiger partial charge in [0.1, 0.15) is 0 Å². The van der Waals surface area contributed by atoms with Crippen LogP contribution in [0.4, 0.5) is 0 Å². The zero-order chi connectivity index (χ0) is 23.6. The molecule has 0 atom stereocenters. The first-order valence-electron chi connectivity index (χ1n) is 11.4. The molecule has 0 saturated carbocycles. The van der Waals surface area contributed by atoms with Crippen LogP contribution in [0.3, 0.4) is 0 Å². The summed E-state index contributed by atoms with van der Waals surface area (Å²) in [6.07, 6.45) is 8.30. The molecule has 174 valence electrons. The summed E-state index contributed by atoms with van der Waals surface area (Å²) < 4.78 is 0. The fourth-order valence-electron chi connectivity index (χ4n) is 4.01. The molecule has 31 heavy (non-hydrogen) atoms. The van der Waals surface area contributed by atoms with Gasteiger partial charge in [0, 0.05) is 0 Å². The predicted molar refractivity (Wildman–Crippen MR) is 121 cm³/mol. The number of rotatable bonds is 15. The van der Waals surface area contributed by atoms with Crippen molar-refractivity contribution in [1.29, 1.82) is 0 Å². The molecule has 0 heterocycles. The van der Waals surface area contributed by atoms with Gasteiger partial charge in [0.05, 0.1) is 16.7 Å². The van der Waals surface area contributed by atoms with Crippen LogP contribution < -0.4 is 0 Å². The summed E-state index contributed by atoms with van der Waals surface area (Å²) in [6.45, 7) is 8.61. The third-order valence-corrected chi connectivity index (χ3v) is 5.64. The van der Waals surface area contributed by atoms with Crippen LogP contribution in [0, 0.1) is 11.8 Å². The van der Waals surface area contributed by atoms with Crippen molar-refractivity contribution in [2.24, 2.45) is 11.8 Å². The Morgan fingerprint density at radius 1 is 0.645 bits per heavy atom. The second kappa shape index (κ2) is 13.1. The molecular formula is C25H38O6. The topological polar surface area (TPSA) is 112 Å². The summed E-state index contributed by atoms with van der Waals surface area (Å²) in [4.78, 5) is 35.6. The van der Waals surface area contributed by atoms with Crippen LogP contribution in [-0.2, 0) is 12.8 Å². The van der Waals surface area contributed by atoms with Crippen LogP contribution in [0.15, 0.2) is 6.07 Å². The molecular weight excluding hydrogens is 396 g/mol. The highest BCUT2D eigenvalue weighted by Gasteiger charge is 2.27. The predicted octanol–water partition coefficient (Wildman–Crippen LogP) is 6.30. The molecule has 1 aromatic rings. The van der Waals surface area contributed by atoms with Gasteiger partial charge in [-0.15, -0.1) is 0 Å². The Morgan fingerprint density at radius 2 is 1.10 bits per heavy atom. The molecule has 0 unspecified atom stereocenters. The van der Waals surface area contributed by atoms with Gasteiger partial charge in [0.15, 0.2) is 0 Å². The van der Waals surface area contributed by atoms with E-state index >= 15 is 0 Å². The minimum Gasteiger partial charge on any atom is -0.478 e. The van der Waals surface area contributed by atoms with Crippen molar-refractivity contribution in [2.45, 2.75) is 91.9 Å². The van der Waals surface area contributed by atoms with E-state index in [4.69, 9.17) is 0 Å². The molecule has 0 aliphatic carbocycles. The maximum Gasteiger partial charge on any atom is 0.336 e. The lowest BCUT2D eigenvalue weighted by molar-refractivity contribution is 0.0647. The molecule has 0 fully saturated rings. The first-order chi connectivity index (χ1) is 14.6. The van der Waals surface area contributed by atoms with Crippen molar-refractivity contribution in [3.63, 3.8) is 0 Å².